The van der Waals surface area contributed by atoms with E-state index in [1.165, 1.54) is 11.8 Å². The highest BCUT2D eigenvalue weighted by atomic mass is 32.2. The summed E-state index contributed by atoms with van der Waals surface area (Å²) < 4.78 is 13.8. The van der Waals surface area contributed by atoms with Crippen LogP contribution in [0.1, 0.15) is 12.5 Å². The Kier molecular flexibility index (Phi) is 4.38. The molecule has 0 atom stereocenters. The molecular formula is C13H16FN3S. The van der Waals surface area contributed by atoms with Crippen molar-refractivity contribution >= 4 is 11.8 Å². The highest BCUT2D eigenvalue weighted by Gasteiger charge is 2.09. The standard InChI is InChI=1S/C13H16FN3S/c1-3-15-7-10-8-16-17-13(10)9-4-5-12(18-2)11(14)6-9/h4-6,8,15H,3,7H2,1-2H3,(H,16,17). The summed E-state index contributed by atoms with van der Waals surface area (Å²) >= 11 is 1.41. The third-order valence-electron chi connectivity index (χ3n) is 2.72. The molecule has 3 nitrogen and oxygen atoms in total. The number of thioether (sulfide) groups is 1. The second kappa shape index (κ2) is 6.02. The number of hydrogen-bond acceptors (Lipinski definition) is 3. The van der Waals surface area contributed by atoms with E-state index >= 15 is 0 Å². The Bertz CT molecular complexity index is 525. The van der Waals surface area contributed by atoms with Gasteiger partial charge < -0.3 is 5.32 Å². The van der Waals surface area contributed by atoms with Crippen molar-refractivity contribution in [1.82, 2.24) is 15.5 Å². The molecule has 96 valence electrons. The van der Waals surface area contributed by atoms with Crippen molar-refractivity contribution < 1.29 is 4.39 Å². The number of rotatable bonds is 5. The van der Waals surface area contributed by atoms with E-state index < -0.39 is 0 Å². The zero-order chi connectivity index (χ0) is 13.0. The predicted octanol–water partition coefficient (Wildman–Crippen LogP) is 3.05. The lowest BCUT2D eigenvalue weighted by Crippen LogP contribution is -2.11. The zero-order valence-corrected chi connectivity index (χ0v) is 11.3. The second-order valence-corrected chi connectivity index (χ2v) is 4.75. The topological polar surface area (TPSA) is 40.7 Å². The van der Waals surface area contributed by atoms with Crippen LogP contribution in [0.4, 0.5) is 4.39 Å². The van der Waals surface area contributed by atoms with Crippen molar-refractivity contribution in [2.75, 3.05) is 12.8 Å². The molecule has 2 rings (SSSR count). The van der Waals surface area contributed by atoms with Gasteiger partial charge in [-0.05, 0) is 24.9 Å². The average Bonchev–Trinajstić information content (AvgIpc) is 2.84. The quantitative estimate of drug-likeness (QED) is 0.816. The Morgan fingerprint density at radius 1 is 1.44 bits per heavy atom. The molecule has 0 saturated carbocycles. The largest absolute Gasteiger partial charge is 0.313 e. The molecule has 18 heavy (non-hydrogen) atoms. The van der Waals surface area contributed by atoms with Gasteiger partial charge in [0.25, 0.3) is 0 Å². The van der Waals surface area contributed by atoms with Gasteiger partial charge in [-0.2, -0.15) is 5.10 Å². The maximum absolute atomic E-state index is 13.8. The Labute approximate surface area is 110 Å². The number of halogens is 1. The molecule has 0 aliphatic carbocycles. The molecule has 0 radical (unpaired) electrons. The highest BCUT2D eigenvalue weighted by Crippen LogP contribution is 2.26. The van der Waals surface area contributed by atoms with E-state index in [0.29, 0.717) is 4.90 Å². The lowest BCUT2D eigenvalue weighted by molar-refractivity contribution is 0.602. The zero-order valence-electron chi connectivity index (χ0n) is 10.5. The van der Waals surface area contributed by atoms with Crippen LogP contribution in [-0.4, -0.2) is 23.0 Å². The van der Waals surface area contributed by atoms with Crippen molar-refractivity contribution in [3.8, 4) is 11.3 Å². The van der Waals surface area contributed by atoms with E-state index in [1.807, 2.05) is 19.2 Å². The maximum atomic E-state index is 13.8. The van der Waals surface area contributed by atoms with Gasteiger partial charge in [-0.25, -0.2) is 4.39 Å². The summed E-state index contributed by atoms with van der Waals surface area (Å²) in [6.45, 7) is 3.67. The van der Waals surface area contributed by atoms with Gasteiger partial charge >= 0.3 is 0 Å². The summed E-state index contributed by atoms with van der Waals surface area (Å²) in [5.74, 6) is -0.191. The van der Waals surface area contributed by atoms with Crippen molar-refractivity contribution in [3.63, 3.8) is 0 Å². The summed E-state index contributed by atoms with van der Waals surface area (Å²) in [5, 5.41) is 10.2. The Morgan fingerprint density at radius 3 is 2.94 bits per heavy atom. The van der Waals surface area contributed by atoms with Crippen LogP contribution in [0.3, 0.4) is 0 Å². The summed E-state index contributed by atoms with van der Waals surface area (Å²) in [6.07, 6.45) is 3.64. The first-order chi connectivity index (χ1) is 8.76. The molecule has 1 heterocycles. The van der Waals surface area contributed by atoms with Crippen molar-refractivity contribution in [2.24, 2.45) is 0 Å². The van der Waals surface area contributed by atoms with E-state index in [9.17, 15) is 4.39 Å². The van der Waals surface area contributed by atoms with Gasteiger partial charge in [0.05, 0.1) is 11.9 Å². The number of nitrogens with one attached hydrogen (secondary N) is 2. The van der Waals surface area contributed by atoms with Crippen LogP contribution in [-0.2, 0) is 6.54 Å². The number of aromatic amines is 1. The lowest BCUT2D eigenvalue weighted by Gasteiger charge is -2.06. The van der Waals surface area contributed by atoms with Gasteiger partial charge in [-0.3, -0.25) is 5.10 Å². The summed E-state index contributed by atoms with van der Waals surface area (Å²) in [6, 6.07) is 5.26. The fraction of sp³-hybridized carbons (Fsp3) is 0.308. The molecule has 0 saturated heterocycles. The Balaban J connectivity index is 2.31. The van der Waals surface area contributed by atoms with Gasteiger partial charge in [-0.1, -0.05) is 13.0 Å². The molecule has 5 heteroatoms. The summed E-state index contributed by atoms with van der Waals surface area (Å²) in [4.78, 5) is 0.659. The maximum Gasteiger partial charge on any atom is 0.137 e. The van der Waals surface area contributed by atoms with E-state index in [4.69, 9.17) is 0 Å². The Morgan fingerprint density at radius 2 is 2.28 bits per heavy atom. The van der Waals surface area contributed by atoms with E-state index in [2.05, 4.69) is 15.5 Å². The van der Waals surface area contributed by atoms with Crippen molar-refractivity contribution in [3.05, 3.63) is 35.8 Å². The Hall–Kier alpha value is -1.33. The van der Waals surface area contributed by atoms with Crippen LogP contribution in [0.2, 0.25) is 0 Å². The predicted molar refractivity (Wildman–Crippen MR) is 73.1 cm³/mol. The van der Waals surface area contributed by atoms with Gasteiger partial charge in [0, 0.05) is 22.6 Å². The van der Waals surface area contributed by atoms with Crippen LogP contribution in [0.25, 0.3) is 11.3 Å². The molecule has 1 aromatic heterocycles. The normalized spacial score (nSPS) is 10.8. The molecule has 0 unspecified atom stereocenters. The fourth-order valence-corrected chi connectivity index (χ4v) is 2.23. The van der Waals surface area contributed by atoms with Crippen LogP contribution in [0.5, 0.6) is 0 Å². The minimum absolute atomic E-state index is 0.191. The first kappa shape index (κ1) is 13.1. The number of hydrogen-bond donors (Lipinski definition) is 2. The monoisotopic (exact) mass is 265 g/mol. The molecule has 0 fully saturated rings. The lowest BCUT2D eigenvalue weighted by atomic mass is 10.1. The van der Waals surface area contributed by atoms with E-state index in [-0.39, 0.29) is 5.82 Å². The molecule has 0 bridgehead atoms. The number of benzene rings is 1. The van der Waals surface area contributed by atoms with Crippen LogP contribution < -0.4 is 5.32 Å². The van der Waals surface area contributed by atoms with Crippen molar-refractivity contribution in [1.29, 1.82) is 0 Å². The smallest absolute Gasteiger partial charge is 0.137 e. The van der Waals surface area contributed by atoms with E-state index in [0.717, 1.165) is 29.9 Å². The molecule has 0 aliphatic rings. The molecule has 0 spiro atoms. The van der Waals surface area contributed by atoms with Gasteiger partial charge in [0.1, 0.15) is 5.82 Å². The van der Waals surface area contributed by atoms with Crippen molar-refractivity contribution in [2.45, 2.75) is 18.4 Å². The number of nitrogens with zero attached hydrogens (tertiary/aromatic N) is 1. The minimum Gasteiger partial charge on any atom is -0.313 e. The molecular weight excluding hydrogens is 249 g/mol. The van der Waals surface area contributed by atoms with Crippen LogP contribution >= 0.6 is 11.8 Å². The minimum atomic E-state index is -0.191. The van der Waals surface area contributed by atoms with Gasteiger partial charge in [0.15, 0.2) is 0 Å². The second-order valence-electron chi connectivity index (χ2n) is 3.90. The first-order valence-electron chi connectivity index (χ1n) is 5.83. The molecule has 1 aromatic carbocycles. The van der Waals surface area contributed by atoms with Gasteiger partial charge in [0.2, 0.25) is 0 Å². The fourth-order valence-electron chi connectivity index (χ4n) is 1.78. The third-order valence-corrected chi connectivity index (χ3v) is 3.49. The number of aromatic nitrogens is 2. The summed E-state index contributed by atoms with van der Waals surface area (Å²) in [5.41, 5.74) is 2.76. The van der Waals surface area contributed by atoms with E-state index in [1.54, 1.807) is 18.3 Å². The molecule has 2 N–H and O–H groups in total. The van der Waals surface area contributed by atoms with Gasteiger partial charge in [-0.15, -0.1) is 11.8 Å². The molecule has 0 amide bonds. The molecule has 2 aromatic rings. The summed E-state index contributed by atoms with van der Waals surface area (Å²) in [7, 11) is 0. The third kappa shape index (κ3) is 2.73. The SMILES string of the molecule is CCNCc1cn[nH]c1-c1ccc(SC)c(F)c1. The van der Waals surface area contributed by atoms with Crippen LogP contribution in [0, 0.1) is 5.82 Å². The number of H-pyrrole nitrogens is 1. The first-order valence-corrected chi connectivity index (χ1v) is 7.05. The average molecular weight is 265 g/mol. The molecule has 0 aliphatic heterocycles. The van der Waals surface area contributed by atoms with Crippen LogP contribution in [0.15, 0.2) is 29.3 Å². The highest BCUT2D eigenvalue weighted by molar-refractivity contribution is 7.98.